The molecular weight excluding hydrogens is 300 g/mol. The van der Waals surface area contributed by atoms with Gasteiger partial charge in [-0.2, -0.15) is 10.1 Å². The summed E-state index contributed by atoms with van der Waals surface area (Å²) in [6, 6.07) is 6.11. The number of amides is 1. The third kappa shape index (κ3) is 4.40. The lowest BCUT2D eigenvalue weighted by Crippen LogP contribution is -2.24. The van der Waals surface area contributed by atoms with Gasteiger partial charge in [0.1, 0.15) is 5.69 Å². The smallest absolute Gasteiger partial charge is 0.345 e. The first kappa shape index (κ1) is 16.2. The summed E-state index contributed by atoms with van der Waals surface area (Å²) < 4.78 is 5.25. The Kier molecular flexibility index (Phi) is 5.08. The number of H-pyrrole nitrogens is 1. The lowest BCUT2D eigenvalue weighted by molar-refractivity contribution is 0.0949. The fourth-order valence-corrected chi connectivity index (χ4v) is 1.80. The first-order valence-electron chi connectivity index (χ1n) is 6.86. The van der Waals surface area contributed by atoms with Crippen LogP contribution in [0, 0.1) is 6.92 Å². The molecule has 120 valence electrons. The summed E-state index contributed by atoms with van der Waals surface area (Å²) in [6.07, 6.45) is 1.39. The topological polar surface area (TPSA) is 117 Å². The van der Waals surface area contributed by atoms with E-state index in [-0.39, 0.29) is 11.4 Å². The average Bonchev–Trinajstić information content (AvgIpc) is 2.49. The summed E-state index contributed by atoms with van der Waals surface area (Å²) in [5, 5.41) is 13.4. The molecule has 0 aliphatic heterocycles. The molecule has 23 heavy (non-hydrogen) atoms. The molecule has 0 aliphatic rings. The minimum atomic E-state index is -0.598. The zero-order valence-electron chi connectivity index (χ0n) is 12.7. The first-order chi connectivity index (χ1) is 11.0. The van der Waals surface area contributed by atoms with Crippen LogP contribution in [0.1, 0.15) is 28.7 Å². The van der Waals surface area contributed by atoms with Gasteiger partial charge in [0.25, 0.3) is 5.91 Å². The van der Waals surface area contributed by atoms with Crippen molar-refractivity contribution in [3.8, 4) is 11.5 Å². The number of aromatic nitrogens is 2. The van der Waals surface area contributed by atoms with Crippen molar-refractivity contribution in [2.24, 2.45) is 5.10 Å². The number of rotatable bonds is 5. The van der Waals surface area contributed by atoms with E-state index in [2.05, 4.69) is 20.5 Å². The summed E-state index contributed by atoms with van der Waals surface area (Å²) >= 11 is 0. The highest BCUT2D eigenvalue weighted by molar-refractivity contribution is 5.93. The minimum Gasteiger partial charge on any atom is -0.504 e. The number of benzene rings is 1. The number of carbonyl (C=O) groups excluding carboxylic acids is 1. The van der Waals surface area contributed by atoms with Crippen LogP contribution in [0.4, 0.5) is 0 Å². The van der Waals surface area contributed by atoms with E-state index >= 15 is 0 Å². The molecule has 0 fully saturated rings. The van der Waals surface area contributed by atoms with E-state index in [1.165, 1.54) is 18.3 Å². The van der Waals surface area contributed by atoms with Crippen LogP contribution in [0.15, 0.2) is 34.2 Å². The molecule has 0 spiro atoms. The number of nitrogens with zero attached hydrogens (tertiary/aromatic N) is 2. The number of aromatic amines is 1. The fourth-order valence-electron chi connectivity index (χ4n) is 1.80. The minimum absolute atomic E-state index is 0.0240. The maximum Gasteiger partial charge on any atom is 0.345 e. The summed E-state index contributed by atoms with van der Waals surface area (Å²) in [5.74, 6) is -0.245. The summed E-state index contributed by atoms with van der Waals surface area (Å²) in [6.45, 7) is 3.87. The normalized spacial score (nSPS) is 10.7. The van der Waals surface area contributed by atoms with Crippen molar-refractivity contribution in [2.45, 2.75) is 13.8 Å². The predicted octanol–water partition coefficient (Wildman–Crippen LogP) is 0.947. The van der Waals surface area contributed by atoms with E-state index in [0.717, 1.165) is 0 Å². The maximum absolute atomic E-state index is 11.9. The van der Waals surface area contributed by atoms with E-state index in [0.29, 0.717) is 23.6 Å². The van der Waals surface area contributed by atoms with Crippen LogP contribution in [-0.4, -0.2) is 33.8 Å². The molecule has 1 aromatic heterocycles. The Labute approximate surface area is 131 Å². The van der Waals surface area contributed by atoms with Crippen molar-refractivity contribution in [3.63, 3.8) is 0 Å². The molecule has 0 unspecified atom stereocenters. The summed E-state index contributed by atoms with van der Waals surface area (Å²) in [4.78, 5) is 29.1. The fraction of sp³-hybridized carbons (Fsp3) is 0.200. The Bertz CT molecular complexity index is 798. The van der Waals surface area contributed by atoms with E-state index in [1.807, 2.05) is 0 Å². The Morgan fingerprint density at radius 2 is 2.26 bits per heavy atom. The van der Waals surface area contributed by atoms with E-state index in [4.69, 9.17) is 4.74 Å². The second kappa shape index (κ2) is 7.21. The van der Waals surface area contributed by atoms with Crippen LogP contribution in [0.2, 0.25) is 0 Å². The number of ether oxygens (including phenoxy) is 1. The van der Waals surface area contributed by atoms with Crippen molar-refractivity contribution >= 4 is 12.1 Å². The molecule has 8 nitrogen and oxygen atoms in total. The SMILES string of the molecule is CCOc1cc(/C=N/NC(=O)c2cc(C)[nH]c(=O)n2)ccc1O. The Morgan fingerprint density at radius 1 is 1.48 bits per heavy atom. The van der Waals surface area contributed by atoms with Gasteiger partial charge in [-0.3, -0.25) is 4.79 Å². The molecule has 2 rings (SSSR count). The molecule has 1 heterocycles. The van der Waals surface area contributed by atoms with Gasteiger partial charge in [0, 0.05) is 5.69 Å². The monoisotopic (exact) mass is 316 g/mol. The van der Waals surface area contributed by atoms with Gasteiger partial charge in [-0.05, 0) is 43.7 Å². The predicted molar refractivity (Wildman–Crippen MR) is 83.9 cm³/mol. The molecule has 3 N–H and O–H groups in total. The highest BCUT2D eigenvalue weighted by atomic mass is 16.5. The van der Waals surface area contributed by atoms with Gasteiger partial charge >= 0.3 is 5.69 Å². The van der Waals surface area contributed by atoms with Crippen molar-refractivity contribution < 1.29 is 14.6 Å². The second-order valence-electron chi connectivity index (χ2n) is 4.61. The van der Waals surface area contributed by atoms with E-state index < -0.39 is 11.6 Å². The van der Waals surface area contributed by atoms with Crippen LogP contribution in [0.5, 0.6) is 11.5 Å². The van der Waals surface area contributed by atoms with Crippen LogP contribution < -0.4 is 15.9 Å². The van der Waals surface area contributed by atoms with Gasteiger partial charge < -0.3 is 14.8 Å². The number of hydrogen-bond acceptors (Lipinski definition) is 6. The van der Waals surface area contributed by atoms with Gasteiger partial charge in [-0.25, -0.2) is 10.2 Å². The molecule has 1 amide bonds. The average molecular weight is 316 g/mol. The highest BCUT2D eigenvalue weighted by Gasteiger charge is 2.08. The second-order valence-corrected chi connectivity index (χ2v) is 4.61. The molecule has 0 saturated carbocycles. The van der Waals surface area contributed by atoms with Gasteiger partial charge in [-0.1, -0.05) is 0 Å². The van der Waals surface area contributed by atoms with Crippen LogP contribution in [-0.2, 0) is 0 Å². The quantitative estimate of drug-likeness (QED) is 0.561. The lowest BCUT2D eigenvalue weighted by atomic mass is 10.2. The Balaban J connectivity index is 2.07. The number of nitrogens with one attached hydrogen (secondary N) is 2. The van der Waals surface area contributed by atoms with Crippen molar-refractivity contribution in [1.82, 2.24) is 15.4 Å². The third-order valence-corrected chi connectivity index (χ3v) is 2.78. The van der Waals surface area contributed by atoms with Crippen molar-refractivity contribution in [3.05, 3.63) is 51.7 Å². The molecular formula is C15H16N4O4. The Morgan fingerprint density at radius 3 is 2.96 bits per heavy atom. The van der Waals surface area contributed by atoms with Gasteiger partial charge in [0.15, 0.2) is 11.5 Å². The van der Waals surface area contributed by atoms with Gasteiger partial charge in [0.2, 0.25) is 0 Å². The van der Waals surface area contributed by atoms with Crippen LogP contribution >= 0.6 is 0 Å². The van der Waals surface area contributed by atoms with E-state index in [9.17, 15) is 14.7 Å². The molecule has 8 heteroatoms. The molecule has 0 radical (unpaired) electrons. The van der Waals surface area contributed by atoms with Gasteiger partial charge in [-0.15, -0.1) is 0 Å². The zero-order chi connectivity index (χ0) is 16.8. The highest BCUT2D eigenvalue weighted by Crippen LogP contribution is 2.26. The maximum atomic E-state index is 11.9. The lowest BCUT2D eigenvalue weighted by Gasteiger charge is -2.06. The number of phenols is 1. The van der Waals surface area contributed by atoms with Gasteiger partial charge in [0.05, 0.1) is 12.8 Å². The summed E-state index contributed by atoms with van der Waals surface area (Å²) in [5.41, 5.74) is 2.81. The molecule has 0 aliphatic carbocycles. The van der Waals surface area contributed by atoms with Crippen LogP contribution in [0.25, 0.3) is 0 Å². The summed E-state index contributed by atoms with van der Waals surface area (Å²) in [7, 11) is 0. The molecule has 1 aromatic carbocycles. The molecule has 2 aromatic rings. The molecule has 0 atom stereocenters. The standard InChI is InChI=1S/C15H16N4O4/c1-3-23-13-7-10(4-5-12(13)20)8-16-19-14(21)11-6-9(2)17-15(22)18-11/h4-8,20H,3H2,1-2H3,(H,19,21)(H,17,18,22)/b16-8+. The Hall–Kier alpha value is -3.16. The van der Waals surface area contributed by atoms with Crippen molar-refractivity contribution in [2.75, 3.05) is 6.61 Å². The number of phenolic OH excluding ortho intramolecular Hbond substituents is 1. The number of aryl methyl sites for hydroxylation is 1. The molecule has 0 bridgehead atoms. The van der Waals surface area contributed by atoms with Crippen LogP contribution in [0.3, 0.4) is 0 Å². The zero-order valence-corrected chi connectivity index (χ0v) is 12.7. The molecule has 0 saturated heterocycles. The number of carbonyl (C=O) groups is 1. The largest absolute Gasteiger partial charge is 0.504 e. The van der Waals surface area contributed by atoms with E-state index in [1.54, 1.807) is 26.0 Å². The number of aromatic hydroxyl groups is 1. The third-order valence-electron chi connectivity index (χ3n) is 2.78. The number of hydrazone groups is 1. The van der Waals surface area contributed by atoms with Crippen molar-refractivity contribution in [1.29, 1.82) is 0 Å². The first-order valence-corrected chi connectivity index (χ1v) is 6.86. The number of hydrogen-bond donors (Lipinski definition) is 3.